The Morgan fingerprint density at radius 1 is 1.52 bits per heavy atom. The van der Waals surface area contributed by atoms with Gasteiger partial charge in [0.1, 0.15) is 5.82 Å². The number of rotatable bonds is 6. The number of hydrogen-bond acceptors (Lipinski definition) is 3. The van der Waals surface area contributed by atoms with Gasteiger partial charge in [0.25, 0.3) is 0 Å². The first-order valence-corrected chi connectivity index (χ1v) is 8.79. The molecule has 1 aliphatic carbocycles. The second-order valence-corrected chi connectivity index (χ2v) is 6.55. The highest BCUT2D eigenvalue weighted by Gasteiger charge is 2.31. The van der Waals surface area contributed by atoms with Crippen LogP contribution in [0.3, 0.4) is 0 Å². The van der Waals surface area contributed by atoms with Gasteiger partial charge in [-0.2, -0.15) is 11.8 Å². The fraction of sp³-hybridized carbons (Fsp3) is 0.500. The third-order valence-corrected chi connectivity index (χ3v) is 4.82. The molecule has 1 saturated carbocycles. The highest BCUT2D eigenvalue weighted by Crippen LogP contribution is 2.42. The summed E-state index contributed by atoms with van der Waals surface area (Å²) >= 11 is 1.85. The average Bonchev–Trinajstić information content (AvgIpc) is 3.25. The van der Waals surface area contributed by atoms with Crippen molar-refractivity contribution in [1.82, 2.24) is 9.55 Å². The maximum atomic E-state index is 11.1. The number of carboxylic acids is 1. The molecule has 112 valence electrons. The Bertz CT molecular complexity index is 676. The van der Waals surface area contributed by atoms with E-state index in [9.17, 15) is 4.79 Å². The van der Waals surface area contributed by atoms with Crippen molar-refractivity contribution in [2.75, 3.05) is 12.0 Å². The molecule has 3 rings (SSSR count). The number of thioether (sulfide) groups is 1. The van der Waals surface area contributed by atoms with Crippen LogP contribution in [0.1, 0.15) is 54.3 Å². The third-order valence-electron chi connectivity index (χ3n) is 4.10. The molecule has 2 aromatic rings. The maximum absolute atomic E-state index is 11.1. The second kappa shape index (κ2) is 5.72. The summed E-state index contributed by atoms with van der Waals surface area (Å²) in [6.45, 7) is 2.20. The van der Waals surface area contributed by atoms with Crippen molar-refractivity contribution in [3.05, 3.63) is 29.6 Å². The number of hydrogen-bond donors (Lipinski definition) is 1. The Balaban J connectivity index is 2.15. The van der Waals surface area contributed by atoms with Crippen molar-refractivity contribution in [3.8, 4) is 0 Å². The SMILES string of the molecule is CCC(CSC)n1c(C2CC2)nc2cc(C(=O)O)ccc21. The number of aromatic nitrogens is 2. The number of imidazole rings is 1. The highest BCUT2D eigenvalue weighted by atomic mass is 32.2. The fourth-order valence-electron chi connectivity index (χ4n) is 2.83. The van der Waals surface area contributed by atoms with Gasteiger partial charge in [-0.3, -0.25) is 0 Å². The van der Waals surface area contributed by atoms with E-state index in [2.05, 4.69) is 17.7 Å². The molecule has 1 aliphatic rings. The smallest absolute Gasteiger partial charge is 0.335 e. The van der Waals surface area contributed by atoms with Crippen LogP contribution in [0, 0.1) is 0 Å². The predicted octanol–water partition coefficient (Wildman–Crippen LogP) is 3.93. The van der Waals surface area contributed by atoms with E-state index in [0.717, 1.165) is 29.0 Å². The van der Waals surface area contributed by atoms with Gasteiger partial charge in [0.2, 0.25) is 0 Å². The van der Waals surface area contributed by atoms with Crippen LogP contribution < -0.4 is 0 Å². The van der Waals surface area contributed by atoms with Gasteiger partial charge in [0.15, 0.2) is 0 Å². The maximum Gasteiger partial charge on any atom is 0.335 e. The van der Waals surface area contributed by atoms with Gasteiger partial charge in [-0.25, -0.2) is 9.78 Å². The quantitative estimate of drug-likeness (QED) is 0.878. The van der Waals surface area contributed by atoms with E-state index >= 15 is 0 Å². The molecule has 1 N–H and O–H groups in total. The molecule has 0 bridgehead atoms. The molecule has 4 nitrogen and oxygen atoms in total. The van der Waals surface area contributed by atoms with Gasteiger partial charge in [-0.1, -0.05) is 6.92 Å². The fourth-order valence-corrected chi connectivity index (χ4v) is 3.60. The first-order chi connectivity index (χ1) is 10.2. The molecule has 0 saturated heterocycles. The van der Waals surface area contributed by atoms with E-state index < -0.39 is 5.97 Å². The standard InChI is InChI=1S/C16H20N2O2S/c1-3-12(9-21-2)18-14-7-6-11(16(19)20)8-13(14)17-15(18)10-4-5-10/h6-8,10,12H,3-5,9H2,1-2H3,(H,19,20). The summed E-state index contributed by atoms with van der Waals surface area (Å²) in [7, 11) is 0. The number of fused-ring (bicyclic) bond motifs is 1. The number of carboxylic acid groups (broad SMARTS) is 1. The summed E-state index contributed by atoms with van der Waals surface area (Å²) in [5.74, 6) is 1.87. The summed E-state index contributed by atoms with van der Waals surface area (Å²) in [5, 5.41) is 9.14. The third kappa shape index (κ3) is 2.67. The number of benzene rings is 1. The lowest BCUT2D eigenvalue weighted by molar-refractivity contribution is 0.0697. The number of carbonyl (C=O) groups is 1. The largest absolute Gasteiger partial charge is 0.478 e. The molecule has 0 aliphatic heterocycles. The molecule has 1 atom stereocenters. The van der Waals surface area contributed by atoms with E-state index in [1.165, 1.54) is 12.8 Å². The second-order valence-electron chi connectivity index (χ2n) is 5.64. The first-order valence-electron chi connectivity index (χ1n) is 7.39. The zero-order valence-electron chi connectivity index (χ0n) is 12.4. The van der Waals surface area contributed by atoms with E-state index in [1.807, 2.05) is 17.8 Å². The molecule has 0 radical (unpaired) electrons. The lowest BCUT2D eigenvalue weighted by Crippen LogP contribution is -2.13. The average molecular weight is 304 g/mol. The molecule has 21 heavy (non-hydrogen) atoms. The van der Waals surface area contributed by atoms with Crippen LogP contribution in [-0.2, 0) is 0 Å². The molecule has 0 spiro atoms. The normalized spacial score (nSPS) is 16.3. The van der Waals surface area contributed by atoms with E-state index in [0.29, 0.717) is 17.5 Å². The van der Waals surface area contributed by atoms with E-state index in [4.69, 9.17) is 10.1 Å². The molecule has 1 fully saturated rings. The van der Waals surface area contributed by atoms with E-state index in [1.54, 1.807) is 12.1 Å². The highest BCUT2D eigenvalue weighted by molar-refractivity contribution is 7.98. The minimum Gasteiger partial charge on any atom is -0.478 e. The van der Waals surface area contributed by atoms with Crippen LogP contribution in [0.15, 0.2) is 18.2 Å². The Hall–Kier alpha value is -1.49. The van der Waals surface area contributed by atoms with Crippen LogP contribution in [0.4, 0.5) is 0 Å². The summed E-state index contributed by atoms with van der Waals surface area (Å²) in [6, 6.07) is 5.73. The molecule has 0 amide bonds. The predicted molar refractivity (Wildman–Crippen MR) is 86.4 cm³/mol. The summed E-state index contributed by atoms with van der Waals surface area (Å²) < 4.78 is 2.36. The lowest BCUT2D eigenvalue weighted by Gasteiger charge is -2.19. The molecule has 1 aromatic carbocycles. The van der Waals surface area contributed by atoms with Gasteiger partial charge in [0, 0.05) is 17.7 Å². The Kier molecular flexibility index (Phi) is 3.93. The number of aromatic carboxylic acids is 1. The molecule has 5 heteroatoms. The van der Waals surface area contributed by atoms with Crippen LogP contribution in [-0.4, -0.2) is 32.6 Å². The van der Waals surface area contributed by atoms with Crippen LogP contribution in [0.2, 0.25) is 0 Å². The van der Waals surface area contributed by atoms with Crippen molar-refractivity contribution in [1.29, 1.82) is 0 Å². The Labute approximate surface area is 128 Å². The van der Waals surface area contributed by atoms with Gasteiger partial charge in [0.05, 0.1) is 16.6 Å². The van der Waals surface area contributed by atoms with Gasteiger partial charge in [-0.15, -0.1) is 0 Å². The van der Waals surface area contributed by atoms with Crippen LogP contribution in [0.5, 0.6) is 0 Å². The van der Waals surface area contributed by atoms with Crippen LogP contribution in [0.25, 0.3) is 11.0 Å². The molecule has 1 aromatic heterocycles. The van der Waals surface area contributed by atoms with Gasteiger partial charge in [-0.05, 0) is 43.7 Å². The minimum atomic E-state index is -0.893. The molecular formula is C16H20N2O2S. The van der Waals surface area contributed by atoms with Crippen LogP contribution >= 0.6 is 11.8 Å². The zero-order chi connectivity index (χ0) is 15.0. The van der Waals surface area contributed by atoms with Crippen molar-refractivity contribution in [2.45, 2.75) is 38.1 Å². The Morgan fingerprint density at radius 3 is 2.86 bits per heavy atom. The van der Waals surface area contributed by atoms with Crippen molar-refractivity contribution in [2.24, 2.45) is 0 Å². The summed E-state index contributed by atoms with van der Waals surface area (Å²) in [6.07, 6.45) is 5.59. The van der Waals surface area contributed by atoms with Crippen molar-refractivity contribution in [3.63, 3.8) is 0 Å². The monoisotopic (exact) mass is 304 g/mol. The van der Waals surface area contributed by atoms with Gasteiger partial charge < -0.3 is 9.67 Å². The summed E-state index contributed by atoms with van der Waals surface area (Å²) in [4.78, 5) is 15.9. The lowest BCUT2D eigenvalue weighted by atomic mass is 10.2. The van der Waals surface area contributed by atoms with Gasteiger partial charge >= 0.3 is 5.97 Å². The van der Waals surface area contributed by atoms with E-state index in [-0.39, 0.29) is 0 Å². The Morgan fingerprint density at radius 2 is 2.29 bits per heavy atom. The molecular weight excluding hydrogens is 284 g/mol. The molecule has 1 unspecified atom stereocenters. The van der Waals surface area contributed by atoms with Crippen molar-refractivity contribution >= 4 is 28.8 Å². The first kappa shape index (κ1) is 14.4. The number of nitrogens with zero attached hydrogens (tertiary/aromatic N) is 2. The molecule has 1 heterocycles. The minimum absolute atomic E-state index is 0.312. The summed E-state index contributed by atoms with van der Waals surface area (Å²) in [5.41, 5.74) is 2.20. The van der Waals surface area contributed by atoms with Crippen molar-refractivity contribution < 1.29 is 9.90 Å². The zero-order valence-corrected chi connectivity index (χ0v) is 13.2. The topological polar surface area (TPSA) is 55.1 Å².